The predicted octanol–water partition coefficient (Wildman–Crippen LogP) is 5.25. The summed E-state index contributed by atoms with van der Waals surface area (Å²) < 4.78 is 38.2. The van der Waals surface area contributed by atoms with Gasteiger partial charge in [0.05, 0.1) is 44.7 Å². The lowest BCUT2D eigenvalue weighted by atomic mass is 9.69. The number of anilines is 2. The van der Waals surface area contributed by atoms with Crippen LogP contribution < -0.4 is 21.6 Å². The molecule has 1 unspecified atom stereocenters. The van der Waals surface area contributed by atoms with Gasteiger partial charge in [-0.3, -0.25) is 9.99 Å². The first-order valence-corrected chi connectivity index (χ1v) is 16.8. The average molecular weight is 642 g/mol. The maximum atomic E-state index is 13.9. The zero-order valence-corrected chi connectivity index (χ0v) is 26.0. The highest BCUT2D eigenvalue weighted by Crippen LogP contribution is 2.39. The lowest BCUT2D eigenvalue weighted by Crippen LogP contribution is -2.45. The lowest BCUT2D eigenvalue weighted by molar-refractivity contribution is 0.260. The average Bonchev–Trinajstić information content (AvgIpc) is 3.74. The molecule has 13 heteroatoms. The van der Waals surface area contributed by atoms with Gasteiger partial charge in [-0.1, -0.05) is 54.1 Å². The van der Waals surface area contributed by atoms with Crippen LogP contribution in [0.1, 0.15) is 42.0 Å². The van der Waals surface area contributed by atoms with E-state index in [-0.39, 0.29) is 17.7 Å². The largest absolute Gasteiger partial charge is 0.378 e. The van der Waals surface area contributed by atoms with Gasteiger partial charge >= 0.3 is 0 Å². The van der Waals surface area contributed by atoms with Crippen molar-refractivity contribution in [3.8, 4) is 6.07 Å². The highest BCUT2D eigenvalue weighted by atomic mass is 35.5. The van der Waals surface area contributed by atoms with Gasteiger partial charge in [0.2, 0.25) is 0 Å². The standard InChI is InChI=1S/C32H30BClFN7O2S/c1-45(43,44)14-13-28(20-5-3-2-4-6-20)38-30-21(17-36)18-37-31-26(30)15-24(16-27(31)34)39-32(33,22-7-9-23(35)10-8-22)29-19-42(41-40-29)25-11-12-25/h2-10,15-16,18-19,25,28,39-41H,11-14H2,1H3,(H,37,38)/t28-,32?/m1/s1. The fraction of sp³-hybridized carbons (Fsp3) is 0.250. The van der Waals surface area contributed by atoms with Gasteiger partial charge in [-0.15, -0.1) is 5.53 Å². The van der Waals surface area contributed by atoms with Crippen molar-refractivity contribution in [3.05, 3.63) is 112 Å². The molecule has 2 radical (unpaired) electrons. The Morgan fingerprint density at radius 2 is 1.93 bits per heavy atom. The summed E-state index contributed by atoms with van der Waals surface area (Å²) in [6.07, 6.45) is 6.91. The Labute approximate surface area is 267 Å². The molecular weight excluding hydrogens is 612 g/mol. The van der Waals surface area contributed by atoms with Crippen LogP contribution in [0.3, 0.4) is 0 Å². The maximum Gasteiger partial charge on any atom is 0.147 e. The Morgan fingerprint density at radius 1 is 1.20 bits per heavy atom. The highest BCUT2D eigenvalue weighted by Gasteiger charge is 2.38. The van der Waals surface area contributed by atoms with Crippen LogP contribution in [0.5, 0.6) is 0 Å². The fourth-order valence-corrected chi connectivity index (χ4v) is 6.33. The van der Waals surface area contributed by atoms with Crippen molar-refractivity contribution in [2.24, 2.45) is 0 Å². The molecular formula is C32H30BClFN7O2S. The lowest BCUT2D eigenvalue weighted by Gasteiger charge is -2.34. The molecule has 0 saturated heterocycles. The second-order valence-electron chi connectivity index (χ2n) is 11.4. The number of pyridine rings is 1. The Bertz CT molecular complexity index is 1920. The first-order chi connectivity index (χ1) is 21.5. The monoisotopic (exact) mass is 641 g/mol. The maximum absolute atomic E-state index is 13.9. The number of nitriles is 1. The molecule has 4 N–H and O–H groups in total. The predicted molar refractivity (Wildman–Crippen MR) is 175 cm³/mol. The Kier molecular flexibility index (Phi) is 8.35. The summed E-state index contributed by atoms with van der Waals surface area (Å²) >= 11 is 6.80. The third kappa shape index (κ3) is 6.71. The molecule has 2 heterocycles. The van der Waals surface area contributed by atoms with Gasteiger partial charge in [0.1, 0.15) is 29.6 Å². The number of aromatic nitrogens is 1. The minimum atomic E-state index is -3.26. The summed E-state index contributed by atoms with van der Waals surface area (Å²) in [4.78, 5) is 4.47. The van der Waals surface area contributed by atoms with Crippen molar-refractivity contribution in [2.45, 2.75) is 36.8 Å². The van der Waals surface area contributed by atoms with Crippen LogP contribution in [-0.2, 0) is 15.3 Å². The molecule has 0 bridgehead atoms. The number of hydrogen-bond acceptors (Lipinski definition) is 9. The van der Waals surface area contributed by atoms with E-state index < -0.39 is 27.1 Å². The topological polar surface area (TPSA) is 122 Å². The SMILES string of the molecule is [B]C(Nc1cc(Cl)c2ncc(C#N)c(N[C@H](CCS(C)(=O)=O)c3ccccc3)c2c1)(C1=CN(C2CC2)NN1)c1ccc(F)cc1. The van der Waals surface area contributed by atoms with Crippen LogP contribution >= 0.6 is 11.6 Å². The molecule has 45 heavy (non-hydrogen) atoms. The molecule has 0 spiro atoms. The summed E-state index contributed by atoms with van der Waals surface area (Å²) in [5, 5.41) is 19.7. The van der Waals surface area contributed by atoms with Crippen molar-refractivity contribution in [2.75, 3.05) is 22.6 Å². The second-order valence-corrected chi connectivity index (χ2v) is 14.1. The van der Waals surface area contributed by atoms with E-state index in [1.54, 1.807) is 24.3 Å². The smallest absolute Gasteiger partial charge is 0.147 e. The van der Waals surface area contributed by atoms with Crippen molar-refractivity contribution in [1.29, 1.82) is 5.26 Å². The third-order valence-corrected chi connectivity index (χ3v) is 9.20. The van der Waals surface area contributed by atoms with Gasteiger partial charge in [0.15, 0.2) is 0 Å². The van der Waals surface area contributed by atoms with Gasteiger partial charge < -0.3 is 16.1 Å². The zero-order chi connectivity index (χ0) is 31.8. The van der Waals surface area contributed by atoms with Gasteiger partial charge in [-0.25, -0.2) is 12.8 Å². The van der Waals surface area contributed by atoms with E-state index in [4.69, 9.17) is 19.4 Å². The van der Waals surface area contributed by atoms with Gasteiger partial charge in [-0.05, 0) is 54.7 Å². The highest BCUT2D eigenvalue weighted by molar-refractivity contribution is 7.90. The Balaban J connectivity index is 1.44. The summed E-state index contributed by atoms with van der Waals surface area (Å²) in [5.41, 5.74) is 8.68. The van der Waals surface area contributed by atoms with Crippen LogP contribution in [0.2, 0.25) is 5.02 Å². The molecule has 1 saturated carbocycles. The van der Waals surface area contributed by atoms with Gasteiger partial charge in [0, 0.05) is 35.8 Å². The van der Waals surface area contributed by atoms with E-state index in [2.05, 4.69) is 32.6 Å². The molecule has 1 aliphatic carbocycles. The number of nitrogens with zero attached hydrogens (tertiary/aromatic N) is 3. The van der Waals surface area contributed by atoms with Crippen molar-refractivity contribution in [1.82, 2.24) is 21.0 Å². The van der Waals surface area contributed by atoms with E-state index in [9.17, 15) is 18.1 Å². The number of rotatable bonds is 11. The Morgan fingerprint density at radius 3 is 2.60 bits per heavy atom. The zero-order valence-electron chi connectivity index (χ0n) is 24.4. The normalized spacial score (nSPS) is 16.8. The summed E-state index contributed by atoms with van der Waals surface area (Å²) in [7, 11) is 3.84. The molecule has 228 valence electrons. The summed E-state index contributed by atoms with van der Waals surface area (Å²) in [6, 6.07) is 21.0. The molecule has 9 nitrogen and oxygen atoms in total. The molecule has 1 aliphatic heterocycles. The molecule has 1 fully saturated rings. The number of halogens is 2. The molecule has 1 aromatic heterocycles. The van der Waals surface area contributed by atoms with E-state index in [1.807, 2.05) is 41.5 Å². The van der Waals surface area contributed by atoms with Crippen LogP contribution in [0, 0.1) is 17.1 Å². The first kappa shape index (κ1) is 30.7. The van der Waals surface area contributed by atoms with E-state index in [0.717, 1.165) is 18.4 Å². The number of benzene rings is 3. The Hall–Kier alpha value is -4.31. The fourth-order valence-electron chi connectivity index (χ4n) is 5.40. The van der Waals surface area contributed by atoms with Crippen molar-refractivity contribution in [3.63, 3.8) is 0 Å². The molecule has 0 amide bonds. The molecule has 3 aromatic carbocycles. The van der Waals surface area contributed by atoms with Gasteiger partial charge in [0.25, 0.3) is 0 Å². The van der Waals surface area contributed by atoms with Gasteiger partial charge in [-0.2, -0.15) is 5.26 Å². The molecule has 4 aromatic rings. The van der Waals surface area contributed by atoms with E-state index in [1.165, 1.54) is 24.6 Å². The number of sulfone groups is 1. The minimum Gasteiger partial charge on any atom is -0.378 e. The molecule has 2 atom stereocenters. The number of fused-ring (bicyclic) bond motifs is 1. The molecule has 6 rings (SSSR count). The number of hydrazine groups is 2. The number of nitrogens with one attached hydrogen (secondary N) is 4. The van der Waals surface area contributed by atoms with Crippen molar-refractivity contribution >= 4 is 51.6 Å². The third-order valence-electron chi connectivity index (χ3n) is 7.94. The summed E-state index contributed by atoms with van der Waals surface area (Å²) in [6.45, 7) is 0. The van der Waals surface area contributed by atoms with E-state index in [0.29, 0.717) is 44.6 Å². The quantitative estimate of drug-likeness (QED) is 0.163. The van der Waals surface area contributed by atoms with Crippen LogP contribution in [-0.4, -0.2) is 44.3 Å². The minimum absolute atomic E-state index is 0.0561. The van der Waals surface area contributed by atoms with Crippen LogP contribution in [0.15, 0.2) is 84.8 Å². The van der Waals surface area contributed by atoms with Crippen LogP contribution in [0.25, 0.3) is 10.9 Å². The summed E-state index contributed by atoms with van der Waals surface area (Å²) in [5.74, 6) is -0.449. The molecule has 2 aliphatic rings. The first-order valence-electron chi connectivity index (χ1n) is 14.4. The number of hydrogen-bond donors (Lipinski definition) is 4. The van der Waals surface area contributed by atoms with E-state index >= 15 is 0 Å². The van der Waals surface area contributed by atoms with Crippen molar-refractivity contribution < 1.29 is 12.8 Å². The second kappa shape index (κ2) is 12.2. The van der Waals surface area contributed by atoms with Crippen LogP contribution in [0.4, 0.5) is 15.8 Å².